The molecule has 166 valence electrons. The third kappa shape index (κ3) is 7.89. The molecule has 0 fully saturated rings. The summed E-state index contributed by atoms with van der Waals surface area (Å²) in [5.74, 6) is -0.901. The first-order valence-corrected chi connectivity index (χ1v) is 10.5. The van der Waals surface area contributed by atoms with Gasteiger partial charge >= 0.3 is 5.97 Å². The second-order valence-electron chi connectivity index (χ2n) is 8.51. The number of esters is 1. The fraction of sp³-hybridized carbons (Fsp3) is 0.400. The van der Waals surface area contributed by atoms with Crippen LogP contribution in [-0.4, -0.2) is 37.5 Å². The molecule has 1 atom stereocenters. The van der Waals surface area contributed by atoms with E-state index in [9.17, 15) is 14.4 Å². The van der Waals surface area contributed by atoms with Crippen LogP contribution in [-0.2, 0) is 26.2 Å². The highest BCUT2D eigenvalue weighted by Crippen LogP contribution is 2.22. The number of nitrogens with one attached hydrogen (secondary N) is 2. The van der Waals surface area contributed by atoms with Gasteiger partial charge in [-0.2, -0.15) is 0 Å². The van der Waals surface area contributed by atoms with Crippen molar-refractivity contribution < 1.29 is 19.1 Å². The zero-order valence-corrected chi connectivity index (χ0v) is 18.7. The molecule has 6 heteroatoms. The summed E-state index contributed by atoms with van der Waals surface area (Å²) in [4.78, 5) is 36.8. The lowest BCUT2D eigenvalue weighted by Gasteiger charge is -2.20. The minimum absolute atomic E-state index is 0.00502. The lowest BCUT2D eigenvalue weighted by molar-refractivity contribution is -0.140. The van der Waals surface area contributed by atoms with Gasteiger partial charge in [-0.15, -0.1) is 0 Å². The molecule has 0 radical (unpaired) electrons. The molecule has 2 amide bonds. The highest BCUT2D eigenvalue weighted by molar-refractivity contribution is 5.97. The molecule has 2 N–H and O–H groups in total. The fourth-order valence-corrected chi connectivity index (χ4v) is 3.09. The third-order valence-corrected chi connectivity index (χ3v) is 5.00. The van der Waals surface area contributed by atoms with E-state index in [1.165, 1.54) is 7.11 Å². The van der Waals surface area contributed by atoms with E-state index in [-0.39, 0.29) is 29.6 Å². The van der Waals surface area contributed by atoms with Crippen LogP contribution >= 0.6 is 0 Å². The zero-order chi connectivity index (χ0) is 22.9. The summed E-state index contributed by atoms with van der Waals surface area (Å²) in [5.41, 5.74) is 2.58. The Morgan fingerprint density at radius 3 is 2.19 bits per heavy atom. The maximum atomic E-state index is 12.8. The molecule has 0 aliphatic heterocycles. The number of methoxy groups -OCH3 is 1. The third-order valence-electron chi connectivity index (χ3n) is 5.00. The van der Waals surface area contributed by atoms with E-state index in [1.807, 2.05) is 42.5 Å². The second kappa shape index (κ2) is 11.3. The summed E-state index contributed by atoms with van der Waals surface area (Å²) in [7, 11) is 1.33. The highest BCUT2D eigenvalue weighted by Gasteiger charge is 2.22. The minimum atomic E-state index is -0.727. The summed E-state index contributed by atoms with van der Waals surface area (Å²) in [6, 6.07) is 16.2. The maximum absolute atomic E-state index is 12.8. The molecule has 0 heterocycles. The molecule has 0 saturated carbocycles. The molecule has 2 aromatic rings. The Bertz CT molecular complexity index is 871. The molecule has 0 aliphatic rings. The number of hydrogen-bond acceptors (Lipinski definition) is 4. The number of benzene rings is 2. The Morgan fingerprint density at radius 1 is 0.968 bits per heavy atom. The van der Waals surface area contributed by atoms with E-state index < -0.39 is 6.04 Å². The van der Waals surface area contributed by atoms with Crippen molar-refractivity contribution in [2.45, 2.75) is 51.5 Å². The minimum Gasteiger partial charge on any atom is -0.469 e. The fourth-order valence-electron chi connectivity index (χ4n) is 3.09. The average molecular weight is 425 g/mol. The molecule has 31 heavy (non-hydrogen) atoms. The van der Waals surface area contributed by atoms with Gasteiger partial charge in [-0.1, -0.05) is 63.2 Å². The molecular formula is C25H32N2O4. The van der Waals surface area contributed by atoms with Crippen molar-refractivity contribution in [1.29, 1.82) is 0 Å². The highest BCUT2D eigenvalue weighted by atomic mass is 16.5. The van der Waals surface area contributed by atoms with Gasteiger partial charge < -0.3 is 15.4 Å². The first-order chi connectivity index (χ1) is 14.7. The van der Waals surface area contributed by atoms with Crippen LogP contribution in [0.1, 0.15) is 55.1 Å². The van der Waals surface area contributed by atoms with Gasteiger partial charge in [0.25, 0.3) is 5.91 Å². The van der Waals surface area contributed by atoms with E-state index in [4.69, 9.17) is 0 Å². The van der Waals surface area contributed by atoms with Crippen molar-refractivity contribution >= 4 is 17.8 Å². The average Bonchev–Trinajstić information content (AvgIpc) is 2.76. The Morgan fingerprint density at radius 2 is 1.61 bits per heavy atom. The van der Waals surface area contributed by atoms with Crippen molar-refractivity contribution in [3.05, 3.63) is 71.3 Å². The summed E-state index contributed by atoms with van der Waals surface area (Å²) in [6.07, 6.45) is 1.07. The SMILES string of the molecule is COC(=O)CCCNC(=O)[C@H](Cc1ccccc1)NC(=O)c1ccc(C(C)(C)C)cc1. The molecule has 2 rings (SSSR count). The Hall–Kier alpha value is -3.15. The van der Waals surface area contributed by atoms with Gasteiger partial charge in [0.2, 0.25) is 5.91 Å². The van der Waals surface area contributed by atoms with Crippen LogP contribution < -0.4 is 10.6 Å². The topological polar surface area (TPSA) is 84.5 Å². The van der Waals surface area contributed by atoms with Crippen LogP contribution in [0.25, 0.3) is 0 Å². The largest absolute Gasteiger partial charge is 0.469 e. The smallest absolute Gasteiger partial charge is 0.305 e. The number of ether oxygens (including phenoxy) is 1. The normalized spacial score (nSPS) is 12.0. The monoisotopic (exact) mass is 424 g/mol. The maximum Gasteiger partial charge on any atom is 0.305 e. The van der Waals surface area contributed by atoms with Gasteiger partial charge in [0.1, 0.15) is 6.04 Å². The van der Waals surface area contributed by atoms with E-state index in [1.54, 1.807) is 12.1 Å². The number of carbonyl (C=O) groups excluding carboxylic acids is 3. The van der Waals surface area contributed by atoms with Gasteiger partial charge in [-0.3, -0.25) is 14.4 Å². The van der Waals surface area contributed by atoms with Gasteiger partial charge in [0.05, 0.1) is 7.11 Å². The first kappa shape index (κ1) is 24.1. The van der Waals surface area contributed by atoms with E-state index in [0.29, 0.717) is 24.9 Å². The molecule has 6 nitrogen and oxygen atoms in total. The molecule has 0 aliphatic carbocycles. The number of rotatable bonds is 9. The van der Waals surface area contributed by atoms with Crippen LogP contribution in [0.2, 0.25) is 0 Å². The van der Waals surface area contributed by atoms with Gasteiger partial charge in [0.15, 0.2) is 0 Å². The Kier molecular flexibility index (Phi) is 8.79. The standard InChI is InChI=1S/C25H32N2O4/c1-25(2,3)20-14-12-19(13-15-20)23(29)27-21(17-18-9-6-5-7-10-18)24(30)26-16-8-11-22(28)31-4/h5-7,9-10,12-15,21H,8,11,16-17H2,1-4H3,(H,26,30)(H,27,29)/t21-/m0/s1. The van der Waals surface area contributed by atoms with Crippen molar-refractivity contribution in [3.8, 4) is 0 Å². The van der Waals surface area contributed by atoms with E-state index in [0.717, 1.165) is 11.1 Å². The predicted octanol–water partition coefficient (Wildman–Crippen LogP) is 3.39. The predicted molar refractivity (Wildman–Crippen MR) is 121 cm³/mol. The molecule has 0 aromatic heterocycles. The van der Waals surface area contributed by atoms with Crippen LogP contribution in [0, 0.1) is 0 Å². The molecule has 0 bridgehead atoms. The summed E-state index contributed by atoms with van der Waals surface area (Å²) >= 11 is 0. The molecule has 2 aromatic carbocycles. The number of amides is 2. The van der Waals surface area contributed by atoms with Crippen LogP contribution in [0.3, 0.4) is 0 Å². The van der Waals surface area contributed by atoms with Crippen LogP contribution in [0.5, 0.6) is 0 Å². The lowest BCUT2D eigenvalue weighted by Crippen LogP contribution is -2.48. The van der Waals surface area contributed by atoms with Gasteiger partial charge in [-0.05, 0) is 35.1 Å². The molecule has 0 saturated heterocycles. The zero-order valence-electron chi connectivity index (χ0n) is 18.7. The van der Waals surface area contributed by atoms with E-state index >= 15 is 0 Å². The summed E-state index contributed by atoms with van der Waals surface area (Å²) in [6.45, 7) is 6.67. The van der Waals surface area contributed by atoms with Crippen molar-refractivity contribution in [1.82, 2.24) is 10.6 Å². The Balaban J connectivity index is 2.06. The van der Waals surface area contributed by atoms with Gasteiger partial charge in [0, 0.05) is 24.9 Å². The van der Waals surface area contributed by atoms with Crippen molar-refractivity contribution in [2.24, 2.45) is 0 Å². The molecule has 0 spiro atoms. The number of hydrogen-bond donors (Lipinski definition) is 2. The number of carbonyl (C=O) groups is 3. The quantitative estimate of drug-likeness (QED) is 0.477. The molecular weight excluding hydrogens is 392 g/mol. The first-order valence-electron chi connectivity index (χ1n) is 10.5. The van der Waals surface area contributed by atoms with E-state index in [2.05, 4.69) is 36.1 Å². The summed E-state index contributed by atoms with van der Waals surface area (Å²) in [5, 5.41) is 5.66. The van der Waals surface area contributed by atoms with Gasteiger partial charge in [-0.25, -0.2) is 0 Å². The lowest BCUT2D eigenvalue weighted by atomic mass is 9.86. The van der Waals surface area contributed by atoms with Crippen LogP contribution in [0.4, 0.5) is 0 Å². The second-order valence-corrected chi connectivity index (χ2v) is 8.51. The Labute approximate surface area is 184 Å². The van der Waals surface area contributed by atoms with Crippen LogP contribution in [0.15, 0.2) is 54.6 Å². The van der Waals surface area contributed by atoms with Crippen molar-refractivity contribution in [3.63, 3.8) is 0 Å². The summed E-state index contributed by atoms with van der Waals surface area (Å²) < 4.78 is 4.61. The van der Waals surface area contributed by atoms with Crippen molar-refractivity contribution in [2.75, 3.05) is 13.7 Å². The molecule has 0 unspecified atom stereocenters.